The quantitative estimate of drug-likeness (QED) is 0.820. The Bertz CT molecular complexity index is 821. The Morgan fingerprint density at radius 2 is 1.76 bits per heavy atom. The van der Waals surface area contributed by atoms with Crippen molar-refractivity contribution in [2.45, 2.75) is 12.8 Å². The number of carbonyl (C=O) groups is 3. The van der Waals surface area contributed by atoms with E-state index in [4.69, 9.17) is 0 Å². The van der Waals surface area contributed by atoms with Crippen LogP contribution in [0.2, 0.25) is 0 Å². The van der Waals surface area contributed by atoms with Gasteiger partial charge in [-0.25, -0.2) is 4.39 Å². The van der Waals surface area contributed by atoms with E-state index in [1.165, 1.54) is 12.1 Å². The van der Waals surface area contributed by atoms with E-state index in [-0.39, 0.29) is 30.0 Å². The van der Waals surface area contributed by atoms with Gasteiger partial charge in [0.05, 0.1) is 11.1 Å². The fraction of sp³-hybridized carbons (Fsp3) is 0.211. The van der Waals surface area contributed by atoms with Crippen LogP contribution in [0.5, 0.6) is 0 Å². The summed E-state index contributed by atoms with van der Waals surface area (Å²) in [6.45, 7) is 0.405. The molecule has 3 rings (SSSR count). The maximum absolute atomic E-state index is 13.7. The number of rotatable bonds is 6. The van der Waals surface area contributed by atoms with Crippen molar-refractivity contribution in [2.75, 3.05) is 13.1 Å². The lowest BCUT2D eigenvalue weighted by Gasteiger charge is -2.13. The van der Waals surface area contributed by atoms with Crippen LogP contribution in [0.4, 0.5) is 4.39 Å². The molecule has 0 aliphatic carbocycles. The van der Waals surface area contributed by atoms with Crippen LogP contribution in [0.1, 0.15) is 32.7 Å². The summed E-state index contributed by atoms with van der Waals surface area (Å²) in [5.41, 5.74) is 0.949. The Hall–Kier alpha value is -3.02. The molecule has 5 nitrogen and oxygen atoms in total. The summed E-state index contributed by atoms with van der Waals surface area (Å²) >= 11 is 0. The van der Waals surface area contributed by atoms with Crippen LogP contribution in [0, 0.1) is 5.82 Å². The molecule has 2 aromatic rings. The third kappa shape index (κ3) is 3.57. The number of nitrogens with one attached hydrogen (secondary N) is 1. The van der Waals surface area contributed by atoms with E-state index >= 15 is 0 Å². The molecule has 1 aliphatic rings. The van der Waals surface area contributed by atoms with Crippen LogP contribution < -0.4 is 5.32 Å². The number of hydrogen-bond acceptors (Lipinski definition) is 3. The van der Waals surface area contributed by atoms with Crippen LogP contribution >= 0.6 is 0 Å². The normalized spacial score (nSPS) is 13.1. The number of amides is 3. The predicted molar refractivity (Wildman–Crippen MR) is 89.5 cm³/mol. The van der Waals surface area contributed by atoms with Crippen molar-refractivity contribution < 1.29 is 18.8 Å². The average molecular weight is 340 g/mol. The zero-order valence-electron chi connectivity index (χ0n) is 13.5. The van der Waals surface area contributed by atoms with Crippen LogP contribution in [0.3, 0.4) is 0 Å². The number of imide groups is 1. The second-order valence-electron chi connectivity index (χ2n) is 5.76. The summed E-state index contributed by atoms with van der Waals surface area (Å²) in [7, 11) is 0. The third-order valence-electron chi connectivity index (χ3n) is 4.09. The van der Waals surface area contributed by atoms with E-state index in [2.05, 4.69) is 5.32 Å². The van der Waals surface area contributed by atoms with E-state index in [9.17, 15) is 18.8 Å². The minimum Gasteiger partial charge on any atom is -0.356 e. The van der Waals surface area contributed by atoms with Crippen molar-refractivity contribution in [3.8, 4) is 0 Å². The number of carbonyl (C=O) groups excluding carboxylic acids is 3. The van der Waals surface area contributed by atoms with Gasteiger partial charge < -0.3 is 5.32 Å². The summed E-state index contributed by atoms with van der Waals surface area (Å²) in [5.74, 6) is -2.22. The molecule has 2 aromatic carbocycles. The fourth-order valence-corrected chi connectivity index (χ4v) is 2.79. The first-order valence-electron chi connectivity index (χ1n) is 8.03. The Balaban J connectivity index is 1.50. The molecule has 0 fully saturated rings. The highest BCUT2D eigenvalue weighted by Gasteiger charge is 2.37. The van der Waals surface area contributed by atoms with Gasteiger partial charge in [0.15, 0.2) is 0 Å². The Morgan fingerprint density at radius 3 is 2.48 bits per heavy atom. The largest absolute Gasteiger partial charge is 0.356 e. The molecule has 1 heterocycles. The van der Waals surface area contributed by atoms with Gasteiger partial charge in [-0.15, -0.1) is 0 Å². The lowest BCUT2D eigenvalue weighted by molar-refractivity contribution is -0.121. The maximum atomic E-state index is 13.7. The molecule has 0 bridgehead atoms. The summed E-state index contributed by atoms with van der Waals surface area (Å²) in [6, 6.07) is 13.7. The van der Waals surface area contributed by atoms with Gasteiger partial charge in [0, 0.05) is 19.5 Å². The second kappa shape index (κ2) is 7.25. The summed E-state index contributed by atoms with van der Waals surface area (Å²) in [5, 5.41) is 2.76. The van der Waals surface area contributed by atoms with Crippen LogP contribution in [0.25, 0.3) is 0 Å². The monoisotopic (exact) mass is 340 g/mol. The fourth-order valence-electron chi connectivity index (χ4n) is 2.79. The zero-order valence-corrected chi connectivity index (χ0v) is 13.5. The van der Waals surface area contributed by atoms with E-state index in [0.29, 0.717) is 13.0 Å². The molecule has 0 radical (unpaired) electrons. The van der Waals surface area contributed by atoms with Crippen molar-refractivity contribution in [1.29, 1.82) is 0 Å². The van der Waals surface area contributed by atoms with Crippen molar-refractivity contribution in [3.05, 3.63) is 71.0 Å². The molecule has 0 spiro atoms. The number of fused-ring (bicyclic) bond motifs is 1. The highest BCUT2D eigenvalue weighted by atomic mass is 19.1. The predicted octanol–water partition coefficient (Wildman–Crippen LogP) is 2.17. The van der Waals surface area contributed by atoms with Gasteiger partial charge in [0.2, 0.25) is 5.91 Å². The standard InChI is InChI=1S/C19H17FN2O3/c20-15-8-4-7-14-17(15)19(25)22(18(14)24)12-10-16(23)21-11-9-13-5-2-1-3-6-13/h1-8H,9-12H2,(H,21,23). The van der Waals surface area contributed by atoms with Crippen molar-refractivity contribution in [1.82, 2.24) is 10.2 Å². The Labute approximate surface area is 144 Å². The van der Waals surface area contributed by atoms with E-state index in [0.717, 1.165) is 16.5 Å². The van der Waals surface area contributed by atoms with Crippen molar-refractivity contribution >= 4 is 17.7 Å². The number of halogens is 1. The molecule has 0 saturated heterocycles. The van der Waals surface area contributed by atoms with Gasteiger partial charge in [-0.1, -0.05) is 36.4 Å². The topological polar surface area (TPSA) is 66.5 Å². The molecule has 128 valence electrons. The first-order valence-corrected chi connectivity index (χ1v) is 8.03. The van der Waals surface area contributed by atoms with Crippen molar-refractivity contribution in [2.24, 2.45) is 0 Å². The van der Waals surface area contributed by atoms with Gasteiger partial charge in [0.1, 0.15) is 5.82 Å². The van der Waals surface area contributed by atoms with Crippen LogP contribution in [-0.2, 0) is 11.2 Å². The molecule has 1 aliphatic heterocycles. The van der Waals surface area contributed by atoms with Gasteiger partial charge in [0.25, 0.3) is 11.8 Å². The van der Waals surface area contributed by atoms with E-state index < -0.39 is 17.6 Å². The highest BCUT2D eigenvalue weighted by Crippen LogP contribution is 2.25. The van der Waals surface area contributed by atoms with Crippen molar-refractivity contribution in [3.63, 3.8) is 0 Å². The average Bonchev–Trinajstić information content (AvgIpc) is 2.86. The molecule has 3 amide bonds. The van der Waals surface area contributed by atoms with Gasteiger partial charge in [-0.05, 0) is 24.1 Å². The summed E-state index contributed by atoms with van der Waals surface area (Å²) in [6.07, 6.45) is 0.687. The Morgan fingerprint density at radius 1 is 1.00 bits per heavy atom. The van der Waals surface area contributed by atoms with Gasteiger partial charge in [-0.2, -0.15) is 0 Å². The molecule has 6 heteroatoms. The first-order chi connectivity index (χ1) is 12.1. The molecule has 0 saturated carbocycles. The maximum Gasteiger partial charge on any atom is 0.264 e. The Kier molecular flexibility index (Phi) is 4.88. The molecule has 0 unspecified atom stereocenters. The summed E-state index contributed by atoms with van der Waals surface area (Å²) in [4.78, 5) is 37.2. The highest BCUT2D eigenvalue weighted by molar-refractivity contribution is 6.21. The third-order valence-corrected chi connectivity index (χ3v) is 4.09. The van der Waals surface area contributed by atoms with Gasteiger partial charge in [-0.3, -0.25) is 19.3 Å². The smallest absolute Gasteiger partial charge is 0.264 e. The minimum atomic E-state index is -0.717. The van der Waals surface area contributed by atoms with E-state index in [1.54, 1.807) is 0 Å². The molecule has 1 N–H and O–H groups in total. The molecule has 25 heavy (non-hydrogen) atoms. The molecular weight excluding hydrogens is 323 g/mol. The molecule has 0 atom stereocenters. The SMILES string of the molecule is O=C(CCN1C(=O)c2cccc(F)c2C1=O)NCCc1ccccc1. The number of nitrogens with zero attached hydrogens (tertiary/aromatic N) is 1. The molecular formula is C19H17FN2O3. The van der Waals surface area contributed by atoms with Crippen LogP contribution in [-0.4, -0.2) is 35.7 Å². The lowest BCUT2D eigenvalue weighted by atomic mass is 10.1. The number of benzene rings is 2. The summed E-state index contributed by atoms with van der Waals surface area (Å²) < 4.78 is 13.7. The van der Waals surface area contributed by atoms with Crippen LogP contribution in [0.15, 0.2) is 48.5 Å². The first kappa shape index (κ1) is 16.8. The minimum absolute atomic E-state index is 0.0120. The molecule has 0 aromatic heterocycles. The second-order valence-corrected chi connectivity index (χ2v) is 5.76. The number of hydrogen-bond donors (Lipinski definition) is 1. The zero-order chi connectivity index (χ0) is 17.8. The lowest BCUT2D eigenvalue weighted by Crippen LogP contribution is -2.35. The van der Waals surface area contributed by atoms with Gasteiger partial charge >= 0.3 is 0 Å². The van der Waals surface area contributed by atoms with E-state index in [1.807, 2.05) is 30.3 Å².